The Labute approximate surface area is 237 Å². The van der Waals surface area contributed by atoms with Crippen molar-refractivity contribution in [2.45, 2.75) is 62.6 Å². The second-order valence-corrected chi connectivity index (χ2v) is 11.8. The number of rotatable bonds is 12. The number of nitrogens with zero attached hydrogens (tertiary/aromatic N) is 2. The van der Waals surface area contributed by atoms with Crippen molar-refractivity contribution < 1.29 is 22.7 Å². The molecule has 3 aromatic rings. The number of benzene rings is 3. The number of amides is 2. The first kappa shape index (κ1) is 29.1. The molecule has 9 heteroatoms. The van der Waals surface area contributed by atoms with E-state index in [1.165, 1.54) is 17.0 Å². The summed E-state index contributed by atoms with van der Waals surface area (Å²) in [6.45, 7) is 1.53. The summed E-state index contributed by atoms with van der Waals surface area (Å²) >= 11 is 0. The maximum atomic E-state index is 14.1. The minimum absolute atomic E-state index is 0.0806. The van der Waals surface area contributed by atoms with Crippen molar-refractivity contribution in [2.75, 3.05) is 18.0 Å². The maximum absolute atomic E-state index is 14.1. The van der Waals surface area contributed by atoms with Crippen LogP contribution < -0.4 is 14.4 Å². The molecule has 0 saturated heterocycles. The molecule has 40 heavy (non-hydrogen) atoms. The number of hydrogen-bond acceptors (Lipinski definition) is 5. The average Bonchev–Trinajstić information content (AvgIpc) is 3.49. The summed E-state index contributed by atoms with van der Waals surface area (Å²) in [5, 5.41) is 3.13. The molecule has 0 heterocycles. The van der Waals surface area contributed by atoms with Gasteiger partial charge in [0, 0.05) is 12.6 Å². The molecule has 0 radical (unpaired) electrons. The molecular weight excluding hydrogens is 526 g/mol. The molecule has 212 valence electrons. The fourth-order valence-electron chi connectivity index (χ4n) is 5.10. The highest BCUT2D eigenvalue weighted by Crippen LogP contribution is 2.25. The Morgan fingerprint density at radius 1 is 0.950 bits per heavy atom. The van der Waals surface area contributed by atoms with Gasteiger partial charge in [-0.05, 0) is 61.2 Å². The van der Waals surface area contributed by atoms with E-state index in [-0.39, 0.29) is 23.4 Å². The zero-order chi connectivity index (χ0) is 28.5. The Morgan fingerprint density at radius 2 is 1.60 bits per heavy atom. The third kappa shape index (κ3) is 7.01. The molecule has 0 unspecified atom stereocenters. The number of carbonyl (C=O) groups excluding carboxylic acids is 2. The summed E-state index contributed by atoms with van der Waals surface area (Å²) in [7, 11) is -2.50. The van der Waals surface area contributed by atoms with Crippen LogP contribution in [-0.4, -0.2) is 50.9 Å². The first-order valence-electron chi connectivity index (χ1n) is 13.7. The molecule has 0 bridgehead atoms. The Balaban J connectivity index is 1.69. The number of methoxy groups -OCH3 is 1. The largest absolute Gasteiger partial charge is 0.497 e. The lowest BCUT2D eigenvalue weighted by molar-refractivity contribution is -0.140. The molecule has 0 spiro atoms. The standard InChI is InChI=1S/C31H37N3O5S/c1-3-29(31(36)32-25-14-10-11-15-25)33(22-24-13-12-18-27(21-24)39-2)30(35)23-34(26-16-6-4-7-17-26)40(37,38)28-19-8-5-9-20-28/h4-9,12-13,16-21,25,29H,3,10-11,14-15,22-23H2,1-2H3,(H,32,36)/t29-/m1/s1. The maximum Gasteiger partial charge on any atom is 0.264 e. The smallest absolute Gasteiger partial charge is 0.264 e. The van der Waals surface area contributed by atoms with Crippen LogP contribution in [0.5, 0.6) is 5.75 Å². The third-order valence-corrected chi connectivity index (χ3v) is 9.02. The van der Waals surface area contributed by atoms with Gasteiger partial charge in [0.15, 0.2) is 0 Å². The molecule has 1 atom stereocenters. The lowest BCUT2D eigenvalue weighted by Gasteiger charge is -2.33. The van der Waals surface area contributed by atoms with Crippen molar-refractivity contribution in [1.82, 2.24) is 10.2 Å². The van der Waals surface area contributed by atoms with Crippen molar-refractivity contribution in [1.29, 1.82) is 0 Å². The van der Waals surface area contributed by atoms with E-state index in [2.05, 4.69) is 5.32 Å². The SMILES string of the molecule is CC[C@H](C(=O)NC1CCCC1)N(Cc1cccc(OC)c1)C(=O)CN(c1ccccc1)S(=O)(=O)c1ccccc1. The predicted octanol–water partition coefficient (Wildman–Crippen LogP) is 4.76. The van der Waals surface area contributed by atoms with E-state index in [4.69, 9.17) is 4.74 Å². The summed E-state index contributed by atoms with van der Waals surface area (Å²) < 4.78 is 34.1. The van der Waals surface area contributed by atoms with Gasteiger partial charge in [0.1, 0.15) is 18.3 Å². The highest BCUT2D eigenvalue weighted by atomic mass is 32.2. The van der Waals surface area contributed by atoms with Gasteiger partial charge in [-0.15, -0.1) is 0 Å². The van der Waals surface area contributed by atoms with Crippen molar-refractivity contribution in [3.8, 4) is 5.75 Å². The van der Waals surface area contributed by atoms with Crippen molar-refractivity contribution in [3.63, 3.8) is 0 Å². The van der Waals surface area contributed by atoms with E-state index in [0.717, 1.165) is 35.6 Å². The number of para-hydroxylation sites is 1. The van der Waals surface area contributed by atoms with Gasteiger partial charge in [-0.3, -0.25) is 13.9 Å². The average molecular weight is 564 g/mol. The van der Waals surface area contributed by atoms with Gasteiger partial charge in [0.25, 0.3) is 10.0 Å². The lowest BCUT2D eigenvalue weighted by atomic mass is 10.1. The summed E-state index contributed by atoms with van der Waals surface area (Å²) in [5.74, 6) is -0.0617. The van der Waals surface area contributed by atoms with Crippen LogP contribution >= 0.6 is 0 Å². The topological polar surface area (TPSA) is 96.0 Å². The Bertz CT molecular complexity index is 1380. The predicted molar refractivity (Wildman–Crippen MR) is 155 cm³/mol. The van der Waals surface area contributed by atoms with Crippen molar-refractivity contribution in [3.05, 3.63) is 90.5 Å². The zero-order valence-corrected chi connectivity index (χ0v) is 23.8. The van der Waals surface area contributed by atoms with Crippen molar-refractivity contribution >= 4 is 27.5 Å². The summed E-state index contributed by atoms with van der Waals surface area (Å²) in [4.78, 5) is 29.2. The van der Waals surface area contributed by atoms with Gasteiger partial charge in [0.2, 0.25) is 11.8 Å². The van der Waals surface area contributed by atoms with Crippen LogP contribution in [-0.2, 0) is 26.2 Å². The molecule has 8 nitrogen and oxygen atoms in total. The summed E-state index contributed by atoms with van der Waals surface area (Å²) in [6, 6.07) is 23.2. The minimum Gasteiger partial charge on any atom is -0.497 e. The van der Waals surface area contributed by atoms with E-state index < -0.39 is 28.5 Å². The number of carbonyl (C=O) groups is 2. The van der Waals surface area contributed by atoms with Crippen LogP contribution in [0, 0.1) is 0 Å². The molecule has 3 aromatic carbocycles. The molecule has 1 aliphatic carbocycles. The first-order valence-corrected chi connectivity index (χ1v) is 15.1. The molecule has 1 fully saturated rings. The first-order chi connectivity index (χ1) is 19.3. The highest BCUT2D eigenvalue weighted by Gasteiger charge is 2.34. The Hall–Kier alpha value is -3.85. The van der Waals surface area contributed by atoms with Gasteiger partial charge in [-0.25, -0.2) is 8.42 Å². The van der Waals surface area contributed by atoms with E-state index in [1.54, 1.807) is 55.6 Å². The third-order valence-electron chi connectivity index (χ3n) is 7.23. The number of hydrogen-bond donors (Lipinski definition) is 1. The van der Waals surface area contributed by atoms with E-state index >= 15 is 0 Å². The molecule has 2 amide bonds. The van der Waals surface area contributed by atoms with Gasteiger partial charge >= 0.3 is 0 Å². The second kappa shape index (κ2) is 13.5. The fraction of sp³-hybridized carbons (Fsp3) is 0.355. The molecule has 1 saturated carbocycles. The number of sulfonamides is 1. The number of anilines is 1. The Morgan fingerprint density at radius 3 is 2.23 bits per heavy atom. The van der Waals surface area contributed by atoms with Gasteiger partial charge in [-0.2, -0.15) is 0 Å². The summed E-state index contributed by atoms with van der Waals surface area (Å²) in [5.41, 5.74) is 1.14. The van der Waals surface area contributed by atoms with Crippen LogP contribution in [0.15, 0.2) is 89.8 Å². The van der Waals surface area contributed by atoms with Crippen LogP contribution in [0.1, 0.15) is 44.6 Å². The van der Waals surface area contributed by atoms with E-state index in [9.17, 15) is 18.0 Å². The highest BCUT2D eigenvalue weighted by molar-refractivity contribution is 7.92. The van der Waals surface area contributed by atoms with Crippen LogP contribution in [0.4, 0.5) is 5.69 Å². The van der Waals surface area contributed by atoms with Crippen molar-refractivity contribution in [2.24, 2.45) is 0 Å². The Kier molecular flexibility index (Phi) is 9.82. The fourth-order valence-corrected chi connectivity index (χ4v) is 6.53. The van der Waals surface area contributed by atoms with E-state index in [1.807, 2.05) is 31.2 Å². The van der Waals surface area contributed by atoms with Gasteiger partial charge in [0.05, 0.1) is 17.7 Å². The molecule has 1 N–H and O–H groups in total. The molecule has 0 aromatic heterocycles. The molecule has 1 aliphatic rings. The lowest BCUT2D eigenvalue weighted by Crippen LogP contribution is -2.53. The van der Waals surface area contributed by atoms with Gasteiger partial charge in [-0.1, -0.05) is 68.3 Å². The van der Waals surface area contributed by atoms with Crippen LogP contribution in [0.25, 0.3) is 0 Å². The van der Waals surface area contributed by atoms with Crippen LogP contribution in [0.3, 0.4) is 0 Å². The molecular formula is C31H37N3O5S. The number of nitrogens with one attached hydrogen (secondary N) is 1. The summed E-state index contributed by atoms with van der Waals surface area (Å²) in [6.07, 6.45) is 4.35. The monoisotopic (exact) mass is 563 g/mol. The van der Waals surface area contributed by atoms with E-state index in [0.29, 0.717) is 17.9 Å². The number of ether oxygens (including phenoxy) is 1. The molecule has 0 aliphatic heterocycles. The van der Waals surface area contributed by atoms with Gasteiger partial charge < -0.3 is 15.0 Å². The zero-order valence-electron chi connectivity index (χ0n) is 23.0. The second-order valence-electron chi connectivity index (χ2n) is 9.95. The normalized spacial score (nSPS) is 14.3. The quantitative estimate of drug-likeness (QED) is 0.343. The minimum atomic E-state index is -4.07. The van der Waals surface area contributed by atoms with Crippen LogP contribution in [0.2, 0.25) is 0 Å². The molecule has 4 rings (SSSR count).